The number of anilines is 1. The Morgan fingerprint density at radius 1 is 1.42 bits per heavy atom. The van der Waals surface area contributed by atoms with Gasteiger partial charge in [-0.15, -0.1) is 0 Å². The highest BCUT2D eigenvalue weighted by atomic mass is 16.6. The molecule has 0 spiro atoms. The number of ether oxygens (including phenoxy) is 1. The second kappa shape index (κ2) is 6.28. The van der Waals surface area contributed by atoms with E-state index in [0.29, 0.717) is 24.3 Å². The monoisotopic (exact) mass is 338 g/mol. The molecule has 1 fully saturated rings. The summed E-state index contributed by atoms with van der Waals surface area (Å²) in [6.07, 6.45) is -1.10. The summed E-state index contributed by atoms with van der Waals surface area (Å²) in [6.45, 7) is 1.97. The van der Waals surface area contributed by atoms with Gasteiger partial charge < -0.3 is 30.7 Å². The van der Waals surface area contributed by atoms with Crippen LogP contribution in [0.3, 0.4) is 0 Å². The van der Waals surface area contributed by atoms with Gasteiger partial charge in [0.05, 0.1) is 6.61 Å². The molecule has 11 nitrogen and oxygen atoms in total. The molecule has 5 N–H and O–H groups in total. The van der Waals surface area contributed by atoms with Crippen LogP contribution < -0.4 is 10.6 Å². The van der Waals surface area contributed by atoms with Gasteiger partial charge in [0.2, 0.25) is 6.41 Å². The molecule has 1 saturated heterocycles. The van der Waals surface area contributed by atoms with E-state index >= 15 is 0 Å². The van der Waals surface area contributed by atoms with Crippen LogP contribution in [0.4, 0.5) is 5.82 Å². The molecule has 130 valence electrons. The number of aliphatic hydroxyl groups is 3. The Balaban J connectivity index is 2.15. The Morgan fingerprint density at radius 3 is 2.83 bits per heavy atom. The average molecular weight is 338 g/mol. The first kappa shape index (κ1) is 16.5. The van der Waals surface area contributed by atoms with E-state index in [0.717, 1.165) is 0 Å². The maximum atomic E-state index is 11.1. The molecule has 1 amide bonds. The van der Waals surface area contributed by atoms with Crippen molar-refractivity contribution in [3.8, 4) is 0 Å². The third-order valence-electron chi connectivity index (χ3n) is 3.92. The van der Waals surface area contributed by atoms with E-state index < -0.39 is 30.8 Å². The normalized spacial score (nSPS) is 29.8. The molecule has 0 saturated carbocycles. The van der Waals surface area contributed by atoms with E-state index in [1.807, 2.05) is 6.92 Å². The van der Waals surface area contributed by atoms with Crippen molar-refractivity contribution in [1.82, 2.24) is 24.8 Å². The minimum Gasteiger partial charge on any atom is -0.394 e. The van der Waals surface area contributed by atoms with Crippen LogP contribution in [0.1, 0.15) is 6.92 Å². The van der Waals surface area contributed by atoms with E-state index in [4.69, 9.17) is 4.74 Å². The molecule has 0 unspecified atom stereocenters. The van der Waals surface area contributed by atoms with Crippen molar-refractivity contribution in [2.45, 2.75) is 31.1 Å². The summed E-state index contributed by atoms with van der Waals surface area (Å²) in [7, 11) is 0. The number of aliphatic hydroxyl groups excluding tert-OH is 3. The maximum Gasteiger partial charge on any atom is 0.257 e. The van der Waals surface area contributed by atoms with Gasteiger partial charge in [-0.25, -0.2) is 15.0 Å². The lowest BCUT2D eigenvalue weighted by Gasteiger charge is -2.32. The molecule has 2 aromatic rings. The Labute approximate surface area is 136 Å². The minimum atomic E-state index is -1.85. The number of carbonyl (C=O) groups is 1. The zero-order chi connectivity index (χ0) is 17.3. The maximum absolute atomic E-state index is 11.1. The van der Waals surface area contributed by atoms with Gasteiger partial charge in [0.1, 0.15) is 24.9 Å². The number of hydrogen-bond acceptors (Lipinski definition) is 9. The van der Waals surface area contributed by atoms with Crippen molar-refractivity contribution in [2.75, 3.05) is 18.5 Å². The van der Waals surface area contributed by atoms with E-state index in [-0.39, 0.29) is 5.65 Å². The summed E-state index contributed by atoms with van der Waals surface area (Å²) in [6, 6.07) is 0. The Kier molecular flexibility index (Phi) is 4.32. The predicted octanol–water partition coefficient (Wildman–Crippen LogP) is -2.27. The van der Waals surface area contributed by atoms with Gasteiger partial charge in [-0.1, -0.05) is 0 Å². The first-order valence-electron chi connectivity index (χ1n) is 7.37. The number of nitrogens with one attached hydrogen (secondary N) is 2. The molecule has 3 heterocycles. The Hall–Kier alpha value is -2.34. The second-order valence-corrected chi connectivity index (χ2v) is 5.27. The Morgan fingerprint density at radius 2 is 2.21 bits per heavy atom. The second-order valence-electron chi connectivity index (χ2n) is 5.27. The average Bonchev–Trinajstić information content (AvgIpc) is 3.12. The van der Waals surface area contributed by atoms with Crippen molar-refractivity contribution in [1.29, 1.82) is 0 Å². The van der Waals surface area contributed by atoms with Crippen LogP contribution in [-0.2, 0) is 15.4 Å². The van der Waals surface area contributed by atoms with Crippen LogP contribution in [0.15, 0.2) is 12.7 Å². The highest BCUT2D eigenvalue weighted by Gasteiger charge is 2.56. The van der Waals surface area contributed by atoms with Crippen LogP contribution in [0.25, 0.3) is 11.2 Å². The number of hydrogen-bond donors (Lipinski definition) is 5. The fourth-order valence-electron chi connectivity index (χ4n) is 2.80. The molecule has 1 aliphatic heterocycles. The molecule has 0 bridgehead atoms. The van der Waals surface area contributed by atoms with Crippen LogP contribution >= 0.6 is 0 Å². The summed E-state index contributed by atoms with van der Waals surface area (Å²) in [5.41, 5.74) is 0.685. The van der Waals surface area contributed by atoms with E-state index in [9.17, 15) is 20.1 Å². The molecule has 3 rings (SSSR count). The number of carbonyl (C=O) groups excluding carboxylic acids is 1. The summed E-state index contributed by atoms with van der Waals surface area (Å²) in [5.74, 6) is -1.37. The highest BCUT2D eigenvalue weighted by Crippen LogP contribution is 2.35. The number of imidazole rings is 1. The molecule has 0 radical (unpaired) electrons. The van der Waals surface area contributed by atoms with Crippen molar-refractivity contribution < 1.29 is 24.9 Å². The summed E-state index contributed by atoms with van der Waals surface area (Å²) in [4.78, 5) is 23.5. The lowest BCUT2D eigenvalue weighted by Crippen LogP contribution is -2.55. The van der Waals surface area contributed by atoms with Crippen molar-refractivity contribution in [3.63, 3.8) is 0 Å². The lowest BCUT2D eigenvalue weighted by molar-refractivity contribution is -0.170. The van der Waals surface area contributed by atoms with Crippen LogP contribution in [-0.4, -0.2) is 72.7 Å². The van der Waals surface area contributed by atoms with Crippen molar-refractivity contribution in [3.05, 3.63) is 12.7 Å². The molecular formula is C13H18N6O5. The summed E-state index contributed by atoms with van der Waals surface area (Å²) < 4.78 is 6.86. The lowest BCUT2D eigenvalue weighted by atomic mass is 10.1. The van der Waals surface area contributed by atoms with Gasteiger partial charge in [-0.05, 0) is 6.92 Å². The largest absolute Gasteiger partial charge is 0.394 e. The zero-order valence-corrected chi connectivity index (χ0v) is 12.8. The van der Waals surface area contributed by atoms with Crippen molar-refractivity contribution in [2.24, 2.45) is 0 Å². The number of nitrogens with zero attached hydrogens (tertiary/aromatic N) is 4. The zero-order valence-electron chi connectivity index (χ0n) is 12.8. The molecule has 11 heteroatoms. The molecular weight excluding hydrogens is 320 g/mol. The van der Waals surface area contributed by atoms with Gasteiger partial charge in [-0.3, -0.25) is 9.36 Å². The quantitative estimate of drug-likeness (QED) is 0.367. The molecule has 0 aliphatic carbocycles. The molecule has 4 atom stereocenters. The van der Waals surface area contributed by atoms with Gasteiger partial charge in [0.15, 0.2) is 23.1 Å². The molecule has 1 aliphatic rings. The van der Waals surface area contributed by atoms with E-state index in [1.165, 1.54) is 17.2 Å². The summed E-state index contributed by atoms with van der Waals surface area (Å²) in [5, 5.41) is 35.2. The number of rotatable bonds is 6. The fraction of sp³-hybridized carbons (Fsp3) is 0.538. The van der Waals surface area contributed by atoms with Gasteiger partial charge in [-0.2, -0.15) is 0 Å². The molecule has 2 aromatic heterocycles. The topological polar surface area (TPSA) is 155 Å². The van der Waals surface area contributed by atoms with Crippen LogP contribution in [0.2, 0.25) is 0 Å². The minimum absolute atomic E-state index is 0.278. The van der Waals surface area contributed by atoms with E-state index in [2.05, 4.69) is 25.6 Å². The van der Waals surface area contributed by atoms with Crippen LogP contribution in [0, 0.1) is 0 Å². The fourth-order valence-corrected chi connectivity index (χ4v) is 2.80. The third-order valence-corrected chi connectivity index (χ3v) is 3.92. The Bertz CT molecular complexity index is 739. The standard InChI is InChI=1S/C13H18N6O5/c1-2-14-11-8-12(16-4-15-11)19(5-17-8)13(18-6-21)10(23)9(22)7(3-20)24-13/h4-7,9-10,20,22-23H,2-3H2,1H3,(H,18,21)(H,14,15,16)/t7-,9-,10-,13+/m1/s1. The van der Waals surface area contributed by atoms with Gasteiger partial charge in [0, 0.05) is 6.54 Å². The van der Waals surface area contributed by atoms with Gasteiger partial charge >= 0.3 is 0 Å². The number of aromatic nitrogens is 4. The molecule has 0 aromatic carbocycles. The SMILES string of the molecule is CCNc1ncnc2c1ncn2[C@]1(NC=O)O[C@H](CO)[C@@H](O)[C@H]1O. The predicted molar refractivity (Wildman–Crippen MR) is 80.6 cm³/mol. The molecule has 24 heavy (non-hydrogen) atoms. The first-order valence-corrected chi connectivity index (χ1v) is 7.37. The third kappa shape index (κ3) is 2.29. The van der Waals surface area contributed by atoms with Crippen molar-refractivity contribution >= 4 is 23.4 Å². The number of amides is 1. The van der Waals surface area contributed by atoms with Crippen LogP contribution in [0.5, 0.6) is 0 Å². The first-order chi connectivity index (χ1) is 11.6. The van der Waals surface area contributed by atoms with E-state index in [1.54, 1.807) is 0 Å². The highest BCUT2D eigenvalue weighted by molar-refractivity contribution is 5.82. The number of fused-ring (bicyclic) bond motifs is 1. The summed E-state index contributed by atoms with van der Waals surface area (Å²) >= 11 is 0. The smallest absolute Gasteiger partial charge is 0.257 e. The van der Waals surface area contributed by atoms with Gasteiger partial charge in [0.25, 0.3) is 5.85 Å².